The second kappa shape index (κ2) is 7.92. The summed E-state index contributed by atoms with van der Waals surface area (Å²) in [6.45, 7) is 3.83. The number of amides is 1. The Balaban J connectivity index is 1.78. The molecule has 2 aromatic rings. The van der Waals surface area contributed by atoms with Crippen molar-refractivity contribution in [3.05, 3.63) is 53.3 Å². The van der Waals surface area contributed by atoms with Gasteiger partial charge in [-0.3, -0.25) is 9.48 Å². The maximum Gasteiger partial charge on any atom is 0.220 e. The van der Waals surface area contributed by atoms with Gasteiger partial charge >= 0.3 is 0 Å². The second-order valence-corrected chi connectivity index (χ2v) is 5.99. The van der Waals surface area contributed by atoms with E-state index >= 15 is 0 Å². The molecule has 1 amide bonds. The number of nitrogens with zero attached hydrogens (tertiary/aromatic N) is 2. The molecule has 2 rings (SSSR count). The lowest BCUT2D eigenvalue weighted by Gasteiger charge is -2.20. The Bertz CT molecular complexity index is 637. The molecule has 5 nitrogen and oxygen atoms in total. The normalized spacial score (nSPS) is 13.6. The molecule has 23 heavy (non-hydrogen) atoms. The highest BCUT2D eigenvalue weighted by molar-refractivity contribution is 5.76. The molecule has 0 radical (unpaired) electrons. The lowest BCUT2D eigenvalue weighted by Crippen LogP contribution is -2.42. The fraction of sp³-hybridized carbons (Fsp3) is 0.444. The number of carbonyl (C=O) groups is 1. The van der Waals surface area contributed by atoms with Gasteiger partial charge in [0.25, 0.3) is 0 Å². The fourth-order valence-electron chi connectivity index (χ4n) is 2.49. The first-order chi connectivity index (χ1) is 11.0. The van der Waals surface area contributed by atoms with Crippen LogP contribution < -0.4 is 5.32 Å². The van der Waals surface area contributed by atoms with Crippen LogP contribution >= 0.6 is 0 Å². The summed E-state index contributed by atoms with van der Waals surface area (Å²) < 4.78 is 1.81. The van der Waals surface area contributed by atoms with Gasteiger partial charge in [-0.1, -0.05) is 30.3 Å². The summed E-state index contributed by atoms with van der Waals surface area (Å²) in [5, 5.41) is 17.3. The van der Waals surface area contributed by atoms with Crippen LogP contribution in [-0.2, 0) is 24.7 Å². The van der Waals surface area contributed by atoms with Gasteiger partial charge in [0.1, 0.15) is 0 Å². The molecular weight excluding hydrogens is 290 g/mol. The highest BCUT2D eigenvalue weighted by Crippen LogP contribution is 2.09. The van der Waals surface area contributed by atoms with E-state index in [1.165, 1.54) is 0 Å². The number of rotatable bonds is 7. The number of aliphatic hydroxyl groups excluding tert-OH is 1. The summed E-state index contributed by atoms with van der Waals surface area (Å²) in [6, 6.07) is 9.51. The Hall–Kier alpha value is -2.14. The van der Waals surface area contributed by atoms with Crippen LogP contribution in [0.4, 0.5) is 0 Å². The summed E-state index contributed by atoms with van der Waals surface area (Å²) in [4.78, 5) is 12.1. The van der Waals surface area contributed by atoms with Crippen LogP contribution in [0.1, 0.15) is 30.2 Å². The van der Waals surface area contributed by atoms with E-state index in [2.05, 4.69) is 10.4 Å². The summed E-state index contributed by atoms with van der Waals surface area (Å²) >= 11 is 0. The molecule has 1 heterocycles. The Kier molecular flexibility index (Phi) is 5.93. The predicted molar refractivity (Wildman–Crippen MR) is 90.0 cm³/mol. The predicted octanol–water partition coefficient (Wildman–Crippen LogP) is 1.77. The van der Waals surface area contributed by atoms with Gasteiger partial charge < -0.3 is 10.4 Å². The van der Waals surface area contributed by atoms with Crippen molar-refractivity contribution in [1.29, 1.82) is 0 Å². The number of hydrogen-bond donors (Lipinski definition) is 2. The molecule has 0 aliphatic heterocycles. The van der Waals surface area contributed by atoms with Crippen molar-refractivity contribution < 1.29 is 9.90 Å². The van der Waals surface area contributed by atoms with Gasteiger partial charge in [-0.25, -0.2) is 0 Å². The Morgan fingerprint density at radius 2 is 2.04 bits per heavy atom. The zero-order valence-corrected chi connectivity index (χ0v) is 14.0. The van der Waals surface area contributed by atoms with Gasteiger partial charge in [-0.15, -0.1) is 0 Å². The monoisotopic (exact) mass is 315 g/mol. The van der Waals surface area contributed by atoms with E-state index in [0.29, 0.717) is 19.3 Å². The number of carbonyl (C=O) groups excluding carboxylic acids is 1. The molecule has 5 heteroatoms. The van der Waals surface area contributed by atoms with E-state index in [9.17, 15) is 9.90 Å². The molecular formula is C18H25N3O2. The van der Waals surface area contributed by atoms with Crippen molar-refractivity contribution >= 4 is 5.91 Å². The van der Waals surface area contributed by atoms with E-state index in [4.69, 9.17) is 0 Å². The molecule has 0 saturated heterocycles. The summed E-state index contributed by atoms with van der Waals surface area (Å²) in [5.41, 5.74) is 3.22. The number of aryl methyl sites for hydroxylation is 2. The molecule has 0 fully saturated rings. The smallest absolute Gasteiger partial charge is 0.220 e. The summed E-state index contributed by atoms with van der Waals surface area (Å²) in [6.07, 6.45) is 2.80. The van der Waals surface area contributed by atoms with Crippen LogP contribution in [-0.4, -0.2) is 32.9 Å². The number of hydrogen-bond acceptors (Lipinski definition) is 3. The molecule has 1 aromatic carbocycles. The number of nitrogens with one attached hydrogen (secondary N) is 1. The maximum absolute atomic E-state index is 12.1. The standard InChI is InChI=1S/C18H25N3O2/c1-13(17(22)11-15-7-5-4-6-8-15)20-18(23)10-9-16-12-19-21(3)14(16)2/h4-8,12-13,17,22H,9-11H2,1-3H3,(H,20,23). The van der Waals surface area contributed by atoms with Crippen LogP contribution in [0.3, 0.4) is 0 Å². The fourth-order valence-corrected chi connectivity index (χ4v) is 2.49. The van der Waals surface area contributed by atoms with E-state index < -0.39 is 6.10 Å². The van der Waals surface area contributed by atoms with Gasteiger partial charge in [0.2, 0.25) is 5.91 Å². The minimum atomic E-state index is -0.596. The average Bonchev–Trinajstić information content (AvgIpc) is 2.85. The van der Waals surface area contributed by atoms with Crippen LogP contribution in [0.2, 0.25) is 0 Å². The minimum absolute atomic E-state index is 0.0483. The average molecular weight is 315 g/mol. The quantitative estimate of drug-likeness (QED) is 0.818. The minimum Gasteiger partial charge on any atom is -0.391 e. The largest absolute Gasteiger partial charge is 0.391 e. The molecule has 2 unspecified atom stereocenters. The SMILES string of the molecule is Cc1c(CCC(=O)NC(C)C(O)Cc2ccccc2)cnn1C. The first-order valence-corrected chi connectivity index (χ1v) is 7.96. The third-order valence-electron chi connectivity index (χ3n) is 4.21. The van der Waals surface area contributed by atoms with Crippen molar-refractivity contribution in [3.63, 3.8) is 0 Å². The summed E-state index contributed by atoms with van der Waals surface area (Å²) in [7, 11) is 1.89. The van der Waals surface area contributed by atoms with Crippen molar-refractivity contribution in [2.45, 2.75) is 45.3 Å². The van der Waals surface area contributed by atoms with Gasteiger partial charge in [-0.2, -0.15) is 5.10 Å². The lowest BCUT2D eigenvalue weighted by atomic mass is 10.0. The van der Waals surface area contributed by atoms with E-state index in [1.54, 1.807) is 10.9 Å². The Morgan fingerprint density at radius 1 is 1.35 bits per heavy atom. The number of aromatic nitrogens is 2. The second-order valence-electron chi connectivity index (χ2n) is 5.99. The molecule has 2 N–H and O–H groups in total. The molecule has 0 aliphatic carbocycles. The molecule has 124 valence electrons. The Morgan fingerprint density at radius 3 is 2.65 bits per heavy atom. The molecule has 0 bridgehead atoms. The first-order valence-electron chi connectivity index (χ1n) is 7.96. The van der Waals surface area contributed by atoms with Crippen molar-refractivity contribution in [2.24, 2.45) is 7.05 Å². The van der Waals surface area contributed by atoms with Gasteiger partial charge in [-0.05, 0) is 31.4 Å². The van der Waals surface area contributed by atoms with Gasteiger partial charge in [0, 0.05) is 25.6 Å². The molecule has 0 aliphatic rings. The molecule has 0 spiro atoms. The van der Waals surface area contributed by atoms with Crippen molar-refractivity contribution in [1.82, 2.24) is 15.1 Å². The van der Waals surface area contributed by atoms with Gasteiger partial charge in [0.05, 0.1) is 18.3 Å². The third-order valence-corrected chi connectivity index (χ3v) is 4.21. The van der Waals surface area contributed by atoms with Crippen molar-refractivity contribution in [2.75, 3.05) is 0 Å². The molecule has 0 saturated carbocycles. The topological polar surface area (TPSA) is 67.2 Å². The third kappa shape index (κ3) is 4.93. The molecule has 2 atom stereocenters. The van der Waals surface area contributed by atoms with Crippen LogP contribution in [0.5, 0.6) is 0 Å². The lowest BCUT2D eigenvalue weighted by molar-refractivity contribution is -0.122. The Labute approximate surface area is 137 Å². The zero-order chi connectivity index (χ0) is 16.8. The zero-order valence-electron chi connectivity index (χ0n) is 14.0. The van der Waals surface area contributed by atoms with Crippen LogP contribution in [0.25, 0.3) is 0 Å². The van der Waals surface area contributed by atoms with Gasteiger partial charge in [0.15, 0.2) is 0 Å². The number of benzene rings is 1. The first kappa shape index (κ1) is 17.2. The summed E-state index contributed by atoms with van der Waals surface area (Å²) in [5.74, 6) is -0.0483. The molecule has 1 aromatic heterocycles. The van der Waals surface area contributed by atoms with E-state index in [1.807, 2.05) is 51.2 Å². The van der Waals surface area contributed by atoms with Crippen LogP contribution in [0, 0.1) is 6.92 Å². The van der Waals surface area contributed by atoms with E-state index in [-0.39, 0.29) is 11.9 Å². The maximum atomic E-state index is 12.1. The highest BCUT2D eigenvalue weighted by atomic mass is 16.3. The highest BCUT2D eigenvalue weighted by Gasteiger charge is 2.17. The van der Waals surface area contributed by atoms with Crippen molar-refractivity contribution in [3.8, 4) is 0 Å². The number of aliphatic hydroxyl groups is 1. The van der Waals surface area contributed by atoms with E-state index in [0.717, 1.165) is 16.8 Å². The van der Waals surface area contributed by atoms with Crippen LogP contribution in [0.15, 0.2) is 36.5 Å².